The Morgan fingerprint density at radius 1 is 1.25 bits per heavy atom. The zero-order valence-electron chi connectivity index (χ0n) is 11.7. The molecule has 0 aliphatic rings. The van der Waals surface area contributed by atoms with Crippen molar-refractivity contribution in [1.82, 2.24) is 4.98 Å². The van der Waals surface area contributed by atoms with Crippen molar-refractivity contribution >= 4 is 11.6 Å². The van der Waals surface area contributed by atoms with Gasteiger partial charge in [-0.2, -0.15) is 0 Å². The summed E-state index contributed by atoms with van der Waals surface area (Å²) in [6.45, 7) is 2.04. The highest BCUT2D eigenvalue weighted by Gasteiger charge is 2.11. The molecule has 0 bridgehead atoms. The van der Waals surface area contributed by atoms with Gasteiger partial charge in [0.15, 0.2) is 0 Å². The number of methoxy groups -OCH3 is 1. The molecule has 2 rings (SSSR count). The van der Waals surface area contributed by atoms with Crippen LogP contribution in [0.4, 0.5) is 5.69 Å². The Morgan fingerprint density at radius 3 is 2.60 bits per heavy atom. The Kier molecular flexibility index (Phi) is 4.71. The second-order valence-corrected chi connectivity index (χ2v) is 4.65. The molecule has 0 unspecified atom stereocenters. The molecule has 4 heteroatoms. The largest absolute Gasteiger partial charge is 0.481 e. The highest BCUT2D eigenvalue weighted by atomic mass is 16.5. The van der Waals surface area contributed by atoms with E-state index >= 15 is 0 Å². The molecule has 1 amide bonds. The predicted molar refractivity (Wildman–Crippen MR) is 78.9 cm³/mol. The summed E-state index contributed by atoms with van der Waals surface area (Å²) in [6, 6.07) is 13.5. The molecular weight excluding hydrogens is 252 g/mol. The molecule has 104 valence electrons. The van der Waals surface area contributed by atoms with Crippen molar-refractivity contribution < 1.29 is 9.53 Å². The summed E-state index contributed by atoms with van der Waals surface area (Å²) in [6.07, 6.45) is 2.03. The topological polar surface area (TPSA) is 51.2 Å². The van der Waals surface area contributed by atoms with E-state index in [2.05, 4.69) is 10.3 Å². The summed E-state index contributed by atoms with van der Waals surface area (Å²) in [5.41, 5.74) is 1.84. The van der Waals surface area contributed by atoms with Crippen molar-refractivity contribution in [3.05, 3.63) is 54.2 Å². The molecule has 1 aromatic heterocycles. The summed E-state index contributed by atoms with van der Waals surface area (Å²) in [7, 11) is 1.56. The minimum absolute atomic E-state index is 0.0201. The fourth-order valence-electron chi connectivity index (χ4n) is 1.96. The molecule has 1 aromatic carbocycles. The molecular formula is C16H18N2O2. The van der Waals surface area contributed by atoms with Crippen LogP contribution >= 0.6 is 0 Å². The fourth-order valence-corrected chi connectivity index (χ4v) is 1.96. The summed E-state index contributed by atoms with van der Waals surface area (Å²) < 4.78 is 4.97. The molecule has 0 fully saturated rings. The molecule has 4 nitrogen and oxygen atoms in total. The average Bonchev–Trinajstić information content (AvgIpc) is 2.49. The molecule has 0 saturated carbocycles. The van der Waals surface area contributed by atoms with Crippen LogP contribution in [0.5, 0.6) is 5.88 Å². The number of carbonyl (C=O) groups excluding carboxylic acids is 1. The lowest BCUT2D eigenvalue weighted by atomic mass is 9.97. The van der Waals surface area contributed by atoms with Gasteiger partial charge >= 0.3 is 0 Å². The third-order valence-corrected chi connectivity index (χ3v) is 3.09. The van der Waals surface area contributed by atoms with Crippen LogP contribution in [0, 0.1) is 0 Å². The van der Waals surface area contributed by atoms with E-state index in [1.54, 1.807) is 25.4 Å². The number of hydrogen-bond donors (Lipinski definition) is 1. The first-order valence-corrected chi connectivity index (χ1v) is 6.54. The highest BCUT2D eigenvalue weighted by Crippen LogP contribution is 2.19. The number of anilines is 1. The summed E-state index contributed by atoms with van der Waals surface area (Å²) in [5.74, 6) is 0.691. The van der Waals surface area contributed by atoms with E-state index in [1.165, 1.54) is 0 Å². The van der Waals surface area contributed by atoms with E-state index in [0.29, 0.717) is 18.0 Å². The number of hydrogen-bond acceptors (Lipinski definition) is 3. The first-order chi connectivity index (χ1) is 9.69. The maximum absolute atomic E-state index is 12.0. The van der Waals surface area contributed by atoms with E-state index in [-0.39, 0.29) is 11.8 Å². The number of ether oxygens (including phenoxy) is 1. The third-order valence-electron chi connectivity index (χ3n) is 3.09. The minimum Gasteiger partial charge on any atom is -0.481 e. The van der Waals surface area contributed by atoms with Crippen LogP contribution in [0.2, 0.25) is 0 Å². The summed E-state index contributed by atoms with van der Waals surface area (Å²) in [5, 5.41) is 2.84. The van der Waals surface area contributed by atoms with E-state index in [9.17, 15) is 4.79 Å². The SMILES string of the molecule is COc1ccc(NC(=O)C[C@@H](C)c2ccccc2)cn1. The van der Waals surface area contributed by atoms with Crippen LogP contribution in [0.15, 0.2) is 48.7 Å². The van der Waals surface area contributed by atoms with Crippen molar-refractivity contribution in [3.63, 3.8) is 0 Å². The Hall–Kier alpha value is -2.36. The third kappa shape index (κ3) is 3.82. The van der Waals surface area contributed by atoms with Crippen LogP contribution in [0.3, 0.4) is 0 Å². The van der Waals surface area contributed by atoms with Crippen LogP contribution in [0.1, 0.15) is 24.8 Å². The lowest BCUT2D eigenvalue weighted by Crippen LogP contribution is -2.14. The monoisotopic (exact) mass is 270 g/mol. The van der Waals surface area contributed by atoms with Crippen molar-refractivity contribution in [1.29, 1.82) is 0 Å². The number of rotatable bonds is 5. The standard InChI is InChI=1S/C16H18N2O2/c1-12(13-6-4-3-5-7-13)10-15(19)18-14-8-9-16(20-2)17-11-14/h3-9,11-12H,10H2,1-2H3,(H,18,19)/t12-/m1/s1. The van der Waals surface area contributed by atoms with Crippen LogP contribution in [-0.2, 0) is 4.79 Å². The van der Waals surface area contributed by atoms with Gasteiger partial charge in [0.2, 0.25) is 11.8 Å². The van der Waals surface area contributed by atoms with Crippen LogP contribution in [0.25, 0.3) is 0 Å². The molecule has 1 atom stereocenters. The van der Waals surface area contributed by atoms with Gasteiger partial charge in [0.05, 0.1) is 19.0 Å². The van der Waals surface area contributed by atoms with E-state index < -0.39 is 0 Å². The van der Waals surface area contributed by atoms with Gasteiger partial charge < -0.3 is 10.1 Å². The van der Waals surface area contributed by atoms with Gasteiger partial charge in [-0.05, 0) is 17.5 Å². The Balaban J connectivity index is 1.91. The summed E-state index contributed by atoms with van der Waals surface area (Å²) in [4.78, 5) is 16.0. The zero-order valence-corrected chi connectivity index (χ0v) is 11.7. The molecule has 20 heavy (non-hydrogen) atoms. The van der Waals surface area contributed by atoms with E-state index in [4.69, 9.17) is 4.74 Å². The quantitative estimate of drug-likeness (QED) is 0.907. The summed E-state index contributed by atoms with van der Waals surface area (Å²) >= 11 is 0. The number of nitrogens with zero attached hydrogens (tertiary/aromatic N) is 1. The molecule has 0 saturated heterocycles. The number of pyridine rings is 1. The molecule has 0 spiro atoms. The van der Waals surface area contributed by atoms with Gasteiger partial charge in [0, 0.05) is 12.5 Å². The number of aromatic nitrogens is 1. The van der Waals surface area contributed by atoms with Crippen LogP contribution in [-0.4, -0.2) is 18.0 Å². The van der Waals surface area contributed by atoms with E-state index in [0.717, 1.165) is 5.56 Å². The highest BCUT2D eigenvalue weighted by molar-refractivity contribution is 5.91. The van der Waals surface area contributed by atoms with Crippen molar-refractivity contribution in [2.24, 2.45) is 0 Å². The maximum atomic E-state index is 12.0. The van der Waals surface area contributed by atoms with Gasteiger partial charge in [-0.15, -0.1) is 0 Å². The molecule has 0 aliphatic heterocycles. The first kappa shape index (κ1) is 14.1. The first-order valence-electron chi connectivity index (χ1n) is 6.54. The fraction of sp³-hybridized carbons (Fsp3) is 0.250. The second-order valence-electron chi connectivity index (χ2n) is 4.65. The smallest absolute Gasteiger partial charge is 0.225 e. The number of nitrogens with one attached hydrogen (secondary N) is 1. The molecule has 1 heterocycles. The van der Waals surface area contributed by atoms with Crippen molar-refractivity contribution in [3.8, 4) is 5.88 Å². The zero-order chi connectivity index (χ0) is 14.4. The molecule has 0 radical (unpaired) electrons. The lowest BCUT2D eigenvalue weighted by molar-refractivity contribution is -0.116. The van der Waals surface area contributed by atoms with Gasteiger partial charge in [-0.1, -0.05) is 37.3 Å². The number of benzene rings is 1. The van der Waals surface area contributed by atoms with Crippen LogP contribution < -0.4 is 10.1 Å². The lowest BCUT2D eigenvalue weighted by Gasteiger charge is -2.12. The Bertz CT molecular complexity index is 552. The number of amides is 1. The second kappa shape index (κ2) is 6.70. The van der Waals surface area contributed by atoms with Crippen molar-refractivity contribution in [2.45, 2.75) is 19.3 Å². The Labute approximate surface area is 118 Å². The Morgan fingerprint density at radius 2 is 2.00 bits per heavy atom. The maximum Gasteiger partial charge on any atom is 0.225 e. The predicted octanol–water partition coefficient (Wildman–Crippen LogP) is 3.22. The normalized spacial score (nSPS) is 11.7. The van der Waals surface area contributed by atoms with E-state index in [1.807, 2.05) is 37.3 Å². The van der Waals surface area contributed by atoms with Gasteiger partial charge in [0.1, 0.15) is 0 Å². The van der Waals surface area contributed by atoms with Gasteiger partial charge in [0.25, 0.3) is 0 Å². The van der Waals surface area contributed by atoms with Gasteiger partial charge in [-0.3, -0.25) is 4.79 Å². The van der Waals surface area contributed by atoms with Crippen molar-refractivity contribution in [2.75, 3.05) is 12.4 Å². The number of carbonyl (C=O) groups is 1. The molecule has 1 N–H and O–H groups in total. The average molecular weight is 270 g/mol. The minimum atomic E-state index is -0.0201. The molecule has 2 aromatic rings. The van der Waals surface area contributed by atoms with Gasteiger partial charge in [-0.25, -0.2) is 4.98 Å². The molecule has 0 aliphatic carbocycles.